The normalized spacial score (nSPS) is 14.3. The molecule has 0 aliphatic rings. The van der Waals surface area contributed by atoms with Crippen molar-refractivity contribution in [2.45, 2.75) is 31.5 Å². The Morgan fingerprint density at radius 3 is 2.58 bits per heavy atom. The summed E-state index contributed by atoms with van der Waals surface area (Å²) in [4.78, 5) is 1.93. The number of H-pyrrole nitrogens is 1. The molecule has 0 aromatic carbocycles. The highest BCUT2D eigenvalue weighted by molar-refractivity contribution is 7.89. The van der Waals surface area contributed by atoms with Crippen molar-refractivity contribution in [3.8, 4) is 0 Å². The van der Waals surface area contributed by atoms with Crippen molar-refractivity contribution in [3.05, 3.63) is 11.8 Å². The van der Waals surface area contributed by atoms with Gasteiger partial charge in [-0.05, 0) is 21.0 Å². The van der Waals surface area contributed by atoms with Gasteiger partial charge in [-0.1, -0.05) is 6.92 Å². The standard InChI is InChI=1S/C11H22N4O3S/c1-5-15(9(2)7-14(3)4)19(17,18)11-10(8-16)6-12-13-11/h6,9,16H,5,7-8H2,1-4H3,(H,12,13). The maximum atomic E-state index is 12.6. The molecule has 7 nitrogen and oxygen atoms in total. The van der Waals surface area contributed by atoms with Crippen LogP contribution in [0.15, 0.2) is 11.2 Å². The van der Waals surface area contributed by atoms with E-state index in [9.17, 15) is 8.42 Å². The van der Waals surface area contributed by atoms with Crippen LogP contribution in [0.25, 0.3) is 0 Å². The van der Waals surface area contributed by atoms with Gasteiger partial charge in [0, 0.05) is 24.7 Å². The lowest BCUT2D eigenvalue weighted by atomic mass is 10.3. The Morgan fingerprint density at radius 2 is 2.11 bits per heavy atom. The van der Waals surface area contributed by atoms with Gasteiger partial charge in [0.2, 0.25) is 0 Å². The van der Waals surface area contributed by atoms with Crippen LogP contribution in [-0.4, -0.2) is 66.2 Å². The fraction of sp³-hybridized carbons (Fsp3) is 0.727. The van der Waals surface area contributed by atoms with E-state index in [1.54, 1.807) is 6.92 Å². The number of sulfonamides is 1. The fourth-order valence-electron chi connectivity index (χ4n) is 2.09. The van der Waals surface area contributed by atoms with Crippen LogP contribution in [0.5, 0.6) is 0 Å². The van der Waals surface area contributed by atoms with Gasteiger partial charge >= 0.3 is 0 Å². The molecule has 1 heterocycles. The van der Waals surface area contributed by atoms with Crippen LogP contribution in [0.4, 0.5) is 0 Å². The third-order valence-corrected chi connectivity index (χ3v) is 4.95. The lowest BCUT2D eigenvalue weighted by molar-refractivity contribution is 0.266. The van der Waals surface area contributed by atoms with Gasteiger partial charge in [-0.25, -0.2) is 8.42 Å². The second kappa shape index (κ2) is 6.47. The first-order valence-electron chi connectivity index (χ1n) is 6.14. The Kier molecular flexibility index (Phi) is 5.48. The van der Waals surface area contributed by atoms with E-state index in [2.05, 4.69) is 10.2 Å². The van der Waals surface area contributed by atoms with Gasteiger partial charge in [0.1, 0.15) is 0 Å². The van der Waals surface area contributed by atoms with Gasteiger partial charge in [0.25, 0.3) is 10.0 Å². The summed E-state index contributed by atoms with van der Waals surface area (Å²) in [6.07, 6.45) is 1.33. The highest BCUT2D eigenvalue weighted by Gasteiger charge is 2.31. The summed E-state index contributed by atoms with van der Waals surface area (Å²) in [5, 5.41) is 15.3. The molecule has 8 heteroatoms. The van der Waals surface area contributed by atoms with Gasteiger partial charge < -0.3 is 10.0 Å². The smallest absolute Gasteiger partial charge is 0.260 e. The Bertz CT molecular complexity index is 498. The Hall–Kier alpha value is -0.960. The van der Waals surface area contributed by atoms with Crippen LogP contribution in [0, 0.1) is 0 Å². The highest BCUT2D eigenvalue weighted by Crippen LogP contribution is 2.19. The predicted molar refractivity (Wildman–Crippen MR) is 72.1 cm³/mol. The zero-order valence-electron chi connectivity index (χ0n) is 11.8. The molecule has 0 radical (unpaired) electrons. The zero-order chi connectivity index (χ0) is 14.6. The minimum atomic E-state index is -3.67. The van der Waals surface area contributed by atoms with Gasteiger partial charge in [-0.3, -0.25) is 5.10 Å². The molecular weight excluding hydrogens is 268 g/mol. The van der Waals surface area contributed by atoms with E-state index in [1.165, 1.54) is 10.5 Å². The number of hydrogen-bond acceptors (Lipinski definition) is 5. The number of hydrogen-bond donors (Lipinski definition) is 2. The van der Waals surface area contributed by atoms with Crippen molar-refractivity contribution in [3.63, 3.8) is 0 Å². The summed E-state index contributed by atoms with van der Waals surface area (Å²) in [5.41, 5.74) is 0.288. The molecule has 0 saturated heterocycles. The SMILES string of the molecule is CCN(C(C)CN(C)C)S(=O)(=O)c1[nH]ncc1CO. The molecule has 0 bridgehead atoms. The van der Waals surface area contributed by atoms with Crippen LogP contribution in [0.3, 0.4) is 0 Å². The molecular formula is C11H22N4O3S. The molecule has 1 atom stereocenters. The summed E-state index contributed by atoms with van der Waals surface area (Å²) >= 11 is 0. The molecule has 0 saturated carbocycles. The Balaban J connectivity index is 3.09. The van der Waals surface area contributed by atoms with Gasteiger partial charge in [-0.15, -0.1) is 0 Å². The van der Waals surface area contributed by atoms with E-state index in [4.69, 9.17) is 5.11 Å². The third-order valence-electron chi connectivity index (χ3n) is 2.85. The summed E-state index contributed by atoms with van der Waals surface area (Å²) in [6.45, 7) is 4.27. The molecule has 0 amide bonds. The van der Waals surface area contributed by atoms with E-state index >= 15 is 0 Å². The van der Waals surface area contributed by atoms with Crippen molar-refractivity contribution in [1.82, 2.24) is 19.4 Å². The quantitative estimate of drug-likeness (QED) is 0.730. The number of likely N-dealkylation sites (N-methyl/N-ethyl adjacent to an activating group) is 2. The summed E-state index contributed by atoms with van der Waals surface area (Å²) in [7, 11) is 0.123. The first kappa shape index (κ1) is 16.1. The van der Waals surface area contributed by atoms with Crippen molar-refractivity contribution in [2.75, 3.05) is 27.2 Å². The molecule has 2 N–H and O–H groups in total. The highest BCUT2D eigenvalue weighted by atomic mass is 32.2. The van der Waals surface area contributed by atoms with Crippen molar-refractivity contribution >= 4 is 10.0 Å². The minimum Gasteiger partial charge on any atom is -0.392 e. The topological polar surface area (TPSA) is 89.5 Å². The number of aliphatic hydroxyl groups excluding tert-OH is 1. The van der Waals surface area contributed by atoms with Gasteiger partial charge in [0.15, 0.2) is 5.03 Å². The van der Waals surface area contributed by atoms with Crippen LogP contribution in [0.2, 0.25) is 0 Å². The van der Waals surface area contributed by atoms with Crippen LogP contribution < -0.4 is 0 Å². The second-order valence-electron chi connectivity index (χ2n) is 4.70. The first-order chi connectivity index (χ1) is 8.84. The molecule has 0 aliphatic heterocycles. The minimum absolute atomic E-state index is 0.0255. The lowest BCUT2D eigenvalue weighted by Crippen LogP contribution is -2.44. The second-order valence-corrected chi connectivity index (χ2v) is 6.53. The van der Waals surface area contributed by atoms with Crippen molar-refractivity contribution in [1.29, 1.82) is 0 Å². The van der Waals surface area contributed by atoms with Crippen molar-refractivity contribution < 1.29 is 13.5 Å². The number of aromatic amines is 1. The lowest BCUT2D eigenvalue weighted by Gasteiger charge is -2.28. The van der Waals surface area contributed by atoms with Gasteiger partial charge in [-0.2, -0.15) is 9.40 Å². The first-order valence-corrected chi connectivity index (χ1v) is 7.58. The summed E-state index contributed by atoms with van der Waals surface area (Å²) in [5.74, 6) is 0. The third kappa shape index (κ3) is 3.53. The van der Waals surface area contributed by atoms with Gasteiger partial charge in [0.05, 0.1) is 12.8 Å². The zero-order valence-corrected chi connectivity index (χ0v) is 12.6. The van der Waals surface area contributed by atoms with Crippen LogP contribution >= 0.6 is 0 Å². The Morgan fingerprint density at radius 1 is 1.47 bits per heavy atom. The maximum Gasteiger partial charge on any atom is 0.260 e. The molecule has 110 valence electrons. The molecule has 0 fully saturated rings. The van der Waals surface area contributed by atoms with E-state index in [0.29, 0.717) is 13.1 Å². The molecule has 19 heavy (non-hydrogen) atoms. The van der Waals surface area contributed by atoms with E-state index < -0.39 is 10.0 Å². The summed E-state index contributed by atoms with van der Waals surface area (Å²) < 4.78 is 26.5. The number of nitrogens with zero attached hydrogens (tertiary/aromatic N) is 3. The van der Waals surface area contributed by atoms with E-state index in [0.717, 1.165) is 0 Å². The van der Waals surface area contributed by atoms with E-state index in [-0.39, 0.29) is 23.2 Å². The average Bonchev–Trinajstić information content (AvgIpc) is 2.76. The molecule has 1 rings (SSSR count). The number of aromatic nitrogens is 2. The van der Waals surface area contributed by atoms with Crippen LogP contribution in [-0.2, 0) is 16.6 Å². The monoisotopic (exact) mass is 290 g/mol. The predicted octanol–water partition coefficient (Wildman–Crippen LogP) is -0.137. The largest absolute Gasteiger partial charge is 0.392 e. The summed E-state index contributed by atoms with van der Waals surface area (Å²) in [6, 6.07) is -0.167. The fourth-order valence-corrected chi connectivity index (χ4v) is 3.82. The molecule has 1 aromatic heterocycles. The average molecular weight is 290 g/mol. The van der Waals surface area contributed by atoms with Crippen LogP contribution in [0.1, 0.15) is 19.4 Å². The molecule has 0 spiro atoms. The Labute approximate surface area is 114 Å². The molecule has 1 unspecified atom stereocenters. The number of nitrogens with one attached hydrogen (secondary N) is 1. The maximum absolute atomic E-state index is 12.6. The number of aliphatic hydroxyl groups is 1. The van der Waals surface area contributed by atoms with Crippen molar-refractivity contribution in [2.24, 2.45) is 0 Å². The molecule has 1 aromatic rings. The number of rotatable bonds is 7. The van der Waals surface area contributed by atoms with E-state index in [1.807, 2.05) is 25.9 Å². The molecule has 0 aliphatic carbocycles.